The van der Waals surface area contributed by atoms with Gasteiger partial charge in [0.25, 0.3) is 5.91 Å². The Morgan fingerprint density at radius 3 is 2.95 bits per heavy atom. The predicted molar refractivity (Wildman–Crippen MR) is 77.6 cm³/mol. The van der Waals surface area contributed by atoms with E-state index in [1.54, 1.807) is 43.6 Å². The summed E-state index contributed by atoms with van der Waals surface area (Å²) in [6, 6.07) is 10.7. The minimum atomic E-state index is -0.592. The molecule has 0 radical (unpaired) electrons. The van der Waals surface area contributed by atoms with Crippen molar-refractivity contribution >= 4 is 17.5 Å². The van der Waals surface area contributed by atoms with E-state index in [0.29, 0.717) is 17.3 Å². The molecule has 2 aromatic rings. The van der Waals surface area contributed by atoms with Gasteiger partial charge < -0.3 is 10.1 Å². The standard InChI is InChI=1S/C15H15ClN2O2/c1-11(20-14-6-2-5-13(16)8-14)15(19)18-10-12-4-3-7-17-9-12/h2-9,11H,10H2,1H3,(H,18,19)/t11-/m1/s1. The molecule has 1 N–H and O–H groups in total. The van der Waals surface area contributed by atoms with Gasteiger partial charge in [0, 0.05) is 24.0 Å². The van der Waals surface area contributed by atoms with E-state index in [2.05, 4.69) is 10.3 Å². The second-order valence-electron chi connectivity index (χ2n) is 4.30. The molecule has 1 atom stereocenters. The number of nitrogens with zero attached hydrogens (tertiary/aromatic N) is 1. The van der Waals surface area contributed by atoms with Crippen LogP contribution in [0.3, 0.4) is 0 Å². The third kappa shape index (κ3) is 4.24. The summed E-state index contributed by atoms with van der Waals surface area (Å²) in [6.45, 7) is 2.12. The molecule has 0 aliphatic carbocycles. The minimum absolute atomic E-state index is 0.186. The first-order valence-corrected chi connectivity index (χ1v) is 6.62. The van der Waals surface area contributed by atoms with Crippen LogP contribution in [0.5, 0.6) is 5.75 Å². The molecule has 1 heterocycles. The minimum Gasteiger partial charge on any atom is -0.481 e. The number of aromatic nitrogens is 1. The number of benzene rings is 1. The second-order valence-corrected chi connectivity index (χ2v) is 4.73. The van der Waals surface area contributed by atoms with Gasteiger partial charge in [0.05, 0.1) is 0 Å². The van der Waals surface area contributed by atoms with Gasteiger partial charge in [-0.25, -0.2) is 0 Å². The highest BCUT2D eigenvalue weighted by Gasteiger charge is 2.14. The van der Waals surface area contributed by atoms with E-state index in [1.165, 1.54) is 0 Å². The molecular formula is C15H15ClN2O2. The van der Waals surface area contributed by atoms with Crippen LogP contribution in [0.2, 0.25) is 5.02 Å². The third-order valence-electron chi connectivity index (χ3n) is 2.67. The lowest BCUT2D eigenvalue weighted by molar-refractivity contribution is -0.127. The first-order valence-electron chi connectivity index (χ1n) is 6.24. The van der Waals surface area contributed by atoms with Gasteiger partial charge in [-0.15, -0.1) is 0 Å². The van der Waals surface area contributed by atoms with Crippen molar-refractivity contribution in [1.29, 1.82) is 0 Å². The average molecular weight is 291 g/mol. The molecule has 104 valence electrons. The fraction of sp³-hybridized carbons (Fsp3) is 0.200. The molecule has 1 aromatic heterocycles. The summed E-state index contributed by atoms with van der Waals surface area (Å²) in [5, 5.41) is 3.37. The average Bonchev–Trinajstić information content (AvgIpc) is 2.46. The molecule has 0 bridgehead atoms. The van der Waals surface area contributed by atoms with E-state index in [-0.39, 0.29) is 5.91 Å². The highest BCUT2D eigenvalue weighted by atomic mass is 35.5. The number of ether oxygens (including phenoxy) is 1. The molecule has 0 spiro atoms. The molecule has 5 heteroatoms. The zero-order valence-corrected chi connectivity index (χ0v) is 11.8. The number of rotatable bonds is 5. The van der Waals surface area contributed by atoms with Crippen LogP contribution in [0.15, 0.2) is 48.8 Å². The summed E-state index contributed by atoms with van der Waals surface area (Å²) in [6.07, 6.45) is 2.81. The maximum Gasteiger partial charge on any atom is 0.261 e. The van der Waals surface area contributed by atoms with Crippen LogP contribution < -0.4 is 10.1 Å². The number of pyridine rings is 1. The highest BCUT2D eigenvalue weighted by Crippen LogP contribution is 2.18. The van der Waals surface area contributed by atoms with E-state index in [1.807, 2.05) is 12.1 Å². The van der Waals surface area contributed by atoms with Crippen LogP contribution in [0.25, 0.3) is 0 Å². The Hall–Kier alpha value is -2.07. The smallest absolute Gasteiger partial charge is 0.261 e. The van der Waals surface area contributed by atoms with E-state index < -0.39 is 6.10 Å². The number of carbonyl (C=O) groups is 1. The zero-order chi connectivity index (χ0) is 14.4. The molecule has 0 saturated carbocycles. The molecule has 2 rings (SSSR count). The first kappa shape index (κ1) is 14.3. The lowest BCUT2D eigenvalue weighted by atomic mass is 10.2. The number of hydrogen-bond donors (Lipinski definition) is 1. The van der Waals surface area contributed by atoms with Gasteiger partial charge in [0.15, 0.2) is 6.10 Å². The van der Waals surface area contributed by atoms with Crippen molar-refractivity contribution in [2.75, 3.05) is 0 Å². The van der Waals surface area contributed by atoms with E-state index in [9.17, 15) is 4.79 Å². The number of carbonyl (C=O) groups excluding carboxylic acids is 1. The molecule has 0 fully saturated rings. The summed E-state index contributed by atoms with van der Waals surface area (Å²) < 4.78 is 5.53. The SMILES string of the molecule is C[C@@H](Oc1cccc(Cl)c1)C(=O)NCc1cccnc1. The van der Waals surface area contributed by atoms with Crippen LogP contribution in [0.1, 0.15) is 12.5 Å². The molecule has 0 saturated heterocycles. The monoisotopic (exact) mass is 290 g/mol. The Labute approximate surface area is 122 Å². The molecule has 0 unspecified atom stereocenters. The fourth-order valence-corrected chi connectivity index (χ4v) is 1.81. The van der Waals surface area contributed by atoms with Crippen molar-refractivity contribution in [3.05, 3.63) is 59.4 Å². The zero-order valence-electron chi connectivity index (χ0n) is 11.0. The number of hydrogen-bond acceptors (Lipinski definition) is 3. The maximum absolute atomic E-state index is 11.9. The van der Waals surface area contributed by atoms with Crippen molar-refractivity contribution in [2.24, 2.45) is 0 Å². The number of amides is 1. The Morgan fingerprint density at radius 1 is 1.40 bits per heavy atom. The molecule has 4 nitrogen and oxygen atoms in total. The van der Waals surface area contributed by atoms with Crippen LogP contribution in [-0.2, 0) is 11.3 Å². The second kappa shape index (κ2) is 6.91. The summed E-state index contributed by atoms with van der Waals surface area (Å²) in [5.74, 6) is 0.385. The van der Waals surface area contributed by atoms with Crippen molar-refractivity contribution in [3.8, 4) is 5.75 Å². The number of nitrogens with one attached hydrogen (secondary N) is 1. The first-order chi connectivity index (χ1) is 9.65. The van der Waals surface area contributed by atoms with Crippen molar-refractivity contribution in [2.45, 2.75) is 19.6 Å². The molecule has 20 heavy (non-hydrogen) atoms. The molecular weight excluding hydrogens is 276 g/mol. The molecule has 0 aliphatic heterocycles. The molecule has 1 aromatic carbocycles. The fourth-order valence-electron chi connectivity index (χ4n) is 1.63. The van der Waals surface area contributed by atoms with Crippen LogP contribution in [-0.4, -0.2) is 17.0 Å². The van der Waals surface area contributed by atoms with Crippen molar-refractivity contribution < 1.29 is 9.53 Å². The van der Waals surface area contributed by atoms with E-state index >= 15 is 0 Å². The maximum atomic E-state index is 11.9. The Kier molecular flexibility index (Phi) is 4.96. The van der Waals surface area contributed by atoms with Crippen molar-refractivity contribution in [1.82, 2.24) is 10.3 Å². The highest BCUT2D eigenvalue weighted by molar-refractivity contribution is 6.30. The Morgan fingerprint density at radius 2 is 2.25 bits per heavy atom. The Bertz CT molecular complexity index is 575. The van der Waals surface area contributed by atoms with Gasteiger partial charge in [-0.1, -0.05) is 23.7 Å². The third-order valence-corrected chi connectivity index (χ3v) is 2.90. The largest absolute Gasteiger partial charge is 0.481 e. The Balaban J connectivity index is 1.86. The predicted octanol–water partition coefficient (Wildman–Crippen LogP) is 2.82. The number of halogens is 1. The summed E-state index contributed by atoms with van der Waals surface area (Å²) in [4.78, 5) is 15.9. The quantitative estimate of drug-likeness (QED) is 0.921. The lowest BCUT2D eigenvalue weighted by Crippen LogP contribution is -2.35. The van der Waals surface area contributed by atoms with Crippen LogP contribution >= 0.6 is 11.6 Å². The van der Waals surface area contributed by atoms with Crippen molar-refractivity contribution in [3.63, 3.8) is 0 Å². The molecule has 0 aliphatic rings. The van der Waals surface area contributed by atoms with Gasteiger partial charge in [-0.05, 0) is 36.8 Å². The summed E-state index contributed by atoms with van der Waals surface area (Å²) in [7, 11) is 0. The molecule has 1 amide bonds. The van der Waals surface area contributed by atoms with Gasteiger partial charge in [0.1, 0.15) is 5.75 Å². The van der Waals surface area contributed by atoms with E-state index in [0.717, 1.165) is 5.56 Å². The van der Waals surface area contributed by atoms with Crippen LogP contribution in [0.4, 0.5) is 0 Å². The van der Waals surface area contributed by atoms with E-state index in [4.69, 9.17) is 16.3 Å². The van der Waals surface area contributed by atoms with Crippen LogP contribution in [0, 0.1) is 0 Å². The normalized spacial score (nSPS) is 11.7. The summed E-state index contributed by atoms with van der Waals surface area (Å²) >= 11 is 5.86. The topological polar surface area (TPSA) is 51.2 Å². The lowest BCUT2D eigenvalue weighted by Gasteiger charge is -2.14. The van der Waals surface area contributed by atoms with Gasteiger partial charge in [-0.3, -0.25) is 9.78 Å². The van der Waals surface area contributed by atoms with Gasteiger partial charge >= 0.3 is 0 Å². The van der Waals surface area contributed by atoms with Gasteiger partial charge in [0.2, 0.25) is 0 Å². The summed E-state index contributed by atoms with van der Waals surface area (Å²) in [5.41, 5.74) is 0.941. The van der Waals surface area contributed by atoms with Gasteiger partial charge in [-0.2, -0.15) is 0 Å².